The lowest BCUT2D eigenvalue weighted by Gasteiger charge is -2.10. The minimum absolute atomic E-state index is 0.0531. The molecule has 0 bridgehead atoms. The molecule has 0 saturated carbocycles. The van der Waals surface area contributed by atoms with Gasteiger partial charge >= 0.3 is 16.3 Å². The van der Waals surface area contributed by atoms with Crippen molar-refractivity contribution in [2.24, 2.45) is 0 Å². The van der Waals surface area contributed by atoms with E-state index < -0.39 is 21.9 Å². The molecule has 0 radical (unpaired) electrons. The Labute approximate surface area is 125 Å². The van der Waals surface area contributed by atoms with Crippen LogP contribution in [-0.2, 0) is 16.3 Å². The maximum absolute atomic E-state index is 12.5. The summed E-state index contributed by atoms with van der Waals surface area (Å²) in [7, 11) is -4.22. The van der Waals surface area contributed by atoms with E-state index in [1.165, 1.54) is 12.1 Å². The van der Waals surface area contributed by atoms with Gasteiger partial charge in [0.1, 0.15) is 10.6 Å². The van der Waals surface area contributed by atoms with E-state index in [9.17, 15) is 21.6 Å². The van der Waals surface area contributed by atoms with E-state index in [0.717, 1.165) is 12.1 Å². The Kier molecular flexibility index (Phi) is 4.27. The first-order valence-electron chi connectivity index (χ1n) is 6.07. The second kappa shape index (κ2) is 5.84. The number of hydrogen-bond donors (Lipinski definition) is 0. The van der Waals surface area contributed by atoms with E-state index in [1.807, 2.05) is 0 Å². The molecule has 3 nitrogen and oxygen atoms in total. The lowest BCUT2D eigenvalue weighted by Crippen LogP contribution is -2.11. The van der Waals surface area contributed by atoms with Crippen LogP contribution in [0.15, 0.2) is 60.0 Å². The first-order valence-corrected chi connectivity index (χ1v) is 7.48. The molecule has 0 amide bonds. The van der Waals surface area contributed by atoms with Crippen LogP contribution in [0.3, 0.4) is 0 Å². The third-order valence-electron chi connectivity index (χ3n) is 2.81. The van der Waals surface area contributed by atoms with E-state index in [4.69, 9.17) is 4.18 Å². The minimum atomic E-state index is -4.53. The van der Waals surface area contributed by atoms with Crippen molar-refractivity contribution in [1.82, 2.24) is 0 Å². The van der Waals surface area contributed by atoms with Crippen molar-refractivity contribution in [3.8, 4) is 5.75 Å². The molecule has 7 heteroatoms. The number of alkyl halides is 3. The van der Waals surface area contributed by atoms with Gasteiger partial charge in [-0.3, -0.25) is 0 Å². The third kappa shape index (κ3) is 3.48. The zero-order valence-corrected chi connectivity index (χ0v) is 12.0. The normalized spacial score (nSPS) is 12.0. The van der Waals surface area contributed by atoms with Gasteiger partial charge in [-0.05, 0) is 30.3 Å². The second-order valence-corrected chi connectivity index (χ2v) is 5.85. The van der Waals surface area contributed by atoms with Crippen molar-refractivity contribution >= 4 is 16.2 Å². The molecule has 0 saturated heterocycles. The van der Waals surface area contributed by atoms with Crippen LogP contribution in [0.2, 0.25) is 0 Å². The van der Waals surface area contributed by atoms with Crippen molar-refractivity contribution in [3.05, 3.63) is 66.2 Å². The summed E-state index contributed by atoms with van der Waals surface area (Å²) < 4.78 is 66.6. The molecule has 2 rings (SSSR count). The van der Waals surface area contributed by atoms with Gasteiger partial charge in [0.2, 0.25) is 0 Å². The molecule has 0 unspecified atom stereocenters. The fourth-order valence-electron chi connectivity index (χ4n) is 1.70. The van der Waals surface area contributed by atoms with Gasteiger partial charge in [-0.15, -0.1) is 0 Å². The monoisotopic (exact) mass is 328 g/mol. The maximum Gasteiger partial charge on any atom is 0.416 e. The molecule has 116 valence electrons. The Balaban J connectivity index is 2.33. The summed E-state index contributed by atoms with van der Waals surface area (Å²) in [6.45, 7) is 3.53. The molecular weight excluding hydrogens is 317 g/mol. The van der Waals surface area contributed by atoms with Gasteiger partial charge in [-0.1, -0.05) is 30.9 Å². The Morgan fingerprint density at radius 1 is 1.00 bits per heavy atom. The van der Waals surface area contributed by atoms with Crippen LogP contribution in [0.1, 0.15) is 11.1 Å². The fourth-order valence-corrected chi connectivity index (χ4v) is 2.66. The van der Waals surface area contributed by atoms with Gasteiger partial charge in [0, 0.05) is 5.56 Å². The van der Waals surface area contributed by atoms with Gasteiger partial charge in [-0.2, -0.15) is 21.6 Å². The van der Waals surface area contributed by atoms with E-state index in [1.54, 1.807) is 18.2 Å². The average molecular weight is 328 g/mol. The highest BCUT2D eigenvalue weighted by Crippen LogP contribution is 2.30. The molecular formula is C15H11F3O3S. The first kappa shape index (κ1) is 16.1. The summed E-state index contributed by atoms with van der Waals surface area (Å²) in [6, 6.07) is 9.37. The van der Waals surface area contributed by atoms with Crippen LogP contribution >= 0.6 is 0 Å². The lowest BCUT2D eigenvalue weighted by atomic mass is 10.2. The predicted molar refractivity (Wildman–Crippen MR) is 75.8 cm³/mol. The molecule has 2 aromatic carbocycles. The summed E-state index contributed by atoms with van der Waals surface area (Å²) in [4.78, 5) is -0.362. The molecule has 2 aromatic rings. The standard InChI is InChI=1S/C15H11F3O3S/c1-2-11-5-3-4-6-14(11)21-22(19,20)13-9-7-12(8-10-13)15(16,17)18/h2-10H,1H2. The van der Waals surface area contributed by atoms with Gasteiger partial charge in [-0.25, -0.2) is 0 Å². The Hall–Kier alpha value is -2.28. The average Bonchev–Trinajstić information content (AvgIpc) is 2.47. The number of benzene rings is 2. The zero-order chi connectivity index (χ0) is 16.4. The summed E-state index contributed by atoms with van der Waals surface area (Å²) in [6.07, 6.45) is -3.11. The molecule has 0 fully saturated rings. The minimum Gasteiger partial charge on any atom is -0.378 e. The first-order chi connectivity index (χ1) is 10.2. The van der Waals surface area contributed by atoms with Crippen molar-refractivity contribution in [1.29, 1.82) is 0 Å². The highest BCUT2D eigenvalue weighted by atomic mass is 32.2. The zero-order valence-electron chi connectivity index (χ0n) is 11.2. The summed E-state index contributed by atoms with van der Waals surface area (Å²) in [5.41, 5.74) is -0.476. The fraction of sp³-hybridized carbons (Fsp3) is 0.0667. The van der Waals surface area contributed by atoms with Crippen molar-refractivity contribution in [3.63, 3.8) is 0 Å². The SMILES string of the molecule is C=Cc1ccccc1OS(=O)(=O)c1ccc(C(F)(F)F)cc1. The van der Waals surface area contributed by atoms with Crippen LogP contribution in [0, 0.1) is 0 Å². The van der Waals surface area contributed by atoms with Crippen LogP contribution in [-0.4, -0.2) is 8.42 Å². The molecule has 0 atom stereocenters. The highest BCUT2D eigenvalue weighted by Gasteiger charge is 2.30. The molecule has 0 aliphatic rings. The summed E-state index contributed by atoms with van der Waals surface area (Å²) in [5.74, 6) is 0.0531. The molecule has 0 aliphatic heterocycles. The van der Waals surface area contributed by atoms with E-state index >= 15 is 0 Å². The molecule has 0 aromatic heterocycles. The Morgan fingerprint density at radius 2 is 1.59 bits per heavy atom. The molecule has 0 aliphatic carbocycles. The number of para-hydroxylation sites is 1. The lowest BCUT2D eigenvalue weighted by molar-refractivity contribution is -0.137. The maximum atomic E-state index is 12.5. The second-order valence-electron chi connectivity index (χ2n) is 4.30. The quantitative estimate of drug-likeness (QED) is 0.793. The van der Waals surface area contributed by atoms with Crippen LogP contribution in [0.5, 0.6) is 5.75 Å². The Bertz CT molecular complexity index is 778. The van der Waals surface area contributed by atoms with Gasteiger partial charge in [0.25, 0.3) is 0 Å². The third-order valence-corrected chi connectivity index (χ3v) is 4.06. The predicted octanol–water partition coefficient (Wildman–Crippen LogP) is 4.12. The van der Waals surface area contributed by atoms with Crippen LogP contribution < -0.4 is 4.18 Å². The molecule has 0 heterocycles. The largest absolute Gasteiger partial charge is 0.416 e. The van der Waals surface area contributed by atoms with Crippen molar-refractivity contribution < 1.29 is 25.8 Å². The van der Waals surface area contributed by atoms with Gasteiger partial charge < -0.3 is 4.18 Å². The molecule has 0 N–H and O–H groups in total. The van der Waals surface area contributed by atoms with Crippen LogP contribution in [0.4, 0.5) is 13.2 Å². The van der Waals surface area contributed by atoms with Crippen molar-refractivity contribution in [2.75, 3.05) is 0 Å². The van der Waals surface area contributed by atoms with Crippen molar-refractivity contribution in [2.45, 2.75) is 11.1 Å². The highest BCUT2D eigenvalue weighted by molar-refractivity contribution is 7.87. The van der Waals surface area contributed by atoms with E-state index in [2.05, 4.69) is 6.58 Å². The number of rotatable bonds is 4. The smallest absolute Gasteiger partial charge is 0.378 e. The molecule has 22 heavy (non-hydrogen) atoms. The topological polar surface area (TPSA) is 43.4 Å². The number of halogens is 3. The Morgan fingerprint density at radius 3 is 2.14 bits per heavy atom. The van der Waals surface area contributed by atoms with E-state index in [-0.39, 0.29) is 10.6 Å². The van der Waals surface area contributed by atoms with E-state index in [0.29, 0.717) is 17.7 Å². The summed E-state index contributed by atoms with van der Waals surface area (Å²) in [5, 5.41) is 0. The van der Waals surface area contributed by atoms with Crippen LogP contribution in [0.25, 0.3) is 6.08 Å². The molecule has 0 spiro atoms. The van der Waals surface area contributed by atoms with Gasteiger partial charge in [0.15, 0.2) is 0 Å². The van der Waals surface area contributed by atoms with Gasteiger partial charge in [0.05, 0.1) is 5.56 Å². The summed E-state index contributed by atoms with van der Waals surface area (Å²) >= 11 is 0. The number of hydrogen-bond acceptors (Lipinski definition) is 3.